The molecule has 0 saturated carbocycles. The summed E-state index contributed by atoms with van der Waals surface area (Å²) in [6.07, 6.45) is 4.08. The summed E-state index contributed by atoms with van der Waals surface area (Å²) in [7, 11) is 0. The summed E-state index contributed by atoms with van der Waals surface area (Å²) in [6.45, 7) is 9.09. The fourth-order valence-electron chi connectivity index (χ4n) is 1.56. The van der Waals surface area contributed by atoms with Gasteiger partial charge in [0.25, 0.3) is 0 Å². The topological polar surface area (TPSA) is 12.0 Å². The van der Waals surface area contributed by atoms with Gasteiger partial charge in [-0.25, -0.2) is 0 Å². The summed E-state index contributed by atoms with van der Waals surface area (Å²) >= 11 is 0. The molecule has 0 aromatic heterocycles. The van der Waals surface area contributed by atoms with Crippen molar-refractivity contribution in [1.29, 1.82) is 0 Å². The molecule has 0 aliphatic heterocycles. The molecule has 0 saturated heterocycles. The molecular weight excluding hydrogens is 182 g/mol. The van der Waals surface area contributed by atoms with Crippen molar-refractivity contribution in [2.24, 2.45) is 0 Å². The second-order valence-corrected chi connectivity index (χ2v) is 3.85. The highest BCUT2D eigenvalue weighted by Gasteiger charge is 2.02. The first kappa shape index (κ1) is 12.0. The second-order valence-electron chi connectivity index (χ2n) is 3.85. The van der Waals surface area contributed by atoms with Crippen molar-refractivity contribution in [2.45, 2.75) is 32.7 Å². The van der Waals surface area contributed by atoms with E-state index in [1.807, 2.05) is 6.08 Å². The second kappa shape index (κ2) is 6.41. The van der Waals surface area contributed by atoms with E-state index < -0.39 is 0 Å². The SMILES string of the molecule is C=CCCNC(C)c1ccc(CC)cc1. The van der Waals surface area contributed by atoms with Crippen molar-refractivity contribution in [3.05, 3.63) is 48.0 Å². The van der Waals surface area contributed by atoms with Crippen LogP contribution < -0.4 is 5.32 Å². The van der Waals surface area contributed by atoms with Crippen LogP contribution in [0.1, 0.15) is 37.4 Å². The molecule has 0 aliphatic carbocycles. The molecule has 0 bridgehead atoms. The molecule has 1 N–H and O–H groups in total. The van der Waals surface area contributed by atoms with Gasteiger partial charge in [0.15, 0.2) is 0 Å². The fraction of sp³-hybridized carbons (Fsp3) is 0.429. The van der Waals surface area contributed by atoms with E-state index >= 15 is 0 Å². The molecule has 0 fully saturated rings. The van der Waals surface area contributed by atoms with Crippen LogP contribution in [0.4, 0.5) is 0 Å². The maximum Gasteiger partial charge on any atom is 0.0291 e. The molecule has 0 radical (unpaired) electrons. The molecular formula is C14H21N. The van der Waals surface area contributed by atoms with Crippen molar-refractivity contribution in [3.8, 4) is 0 Å². The zero-order valence-corrected chi connectivity index (χ0v) is 9.79. The van der Waals surface area contributed by atoms with Gasteiger partial charge in [-0.05, 0) is 37.4 Å². The van der Waals surface area contributed by atoms with Gasteiger partial charge in [0.05, 0.1) is 0 Å². The van der Waals surface area contributed by atoms with Crippen molar-refractivity contribution in [2.75, 3.05) is 6.54 Å². The normalized spacial score (nSPS) is 12.4. The minimum absolute atomic E-state index is 0.427. The molecule has 0 heterocycles. The van der Waals surface area contributed by atoms with Crippen molar-refractivity contribution in [3.63, 3.8) is 0 Å². The zero-order chi connectivity index (χ0) is 11.1. The van der Waals surface area contributed by atoms with Crippen LogP contribution in [-0.2, 0) is 6.42 Å². The maximum absolute atomic E-state index is 3.71. The van der Waals surface area contributed by atoms with Crippen LogP contribution in [0.3, 0.4) is 0 Å². The van der Waals surface area contributed by atoms with E-state index in [9.17, 15) is 0 Å². The number of rotatable bonds is 6. The molecule has 0 amide bonds. The predicted molar refractivity (Wildman–Crippen MR) is 67.1 cm³/mol. The van der Waals surface area contributed by atoms with Gasteiger partial charge >= 0.3 is 0 Å². The molecule has 1 atom stereocenters. The van der Waals surface area contributed by atoms with Gasteiger partial charge in [0, 0.05) is 6.04 Å². The predicted octanol–water partition coefficient (Wildman–Crippen LogP) is 3.48. The molecule has 0 aliphatic rings. The van der Waals surface area contributed by atoms with Crippen LogP contribution in [0, 0.1) is 0 Å². The summed E-state index contributed by atoms with van der Waals surface area (Å²) in [6, 6.07) is 9.27. The molecule has 1 heteroatoms. The highest BCUT2D eigenvalue weighted by molar-refractivity contribution is 5.24. The first-order valence-electron chi connectivity index (χ1n) is 5.71. The molecule has 1 aromatic rings. The smallest absolute Gasteiger partial charge is 0.0291 e. The molecule has 1 aromatic carbocycles. The molecule has 15 heavy (non-hydrogen) atoms. The van der Waals surface area contributed by atoms with Crippen LogP contribution in [0.5, 0.6) is 0 Å². The van der Waals surface area contributed by atoms with Crippen LogP contribution >= 0.6 is 0 Å². The Morgan fingerprint density at radius 1 is 1.33 bits per heavy atom. The Hall–Kier alpha value is -1.08. The van der Waals surface area contributed by atoms with Gasteiger partial charge in [0.2, 0.25) is 0 Å². The van der Waals surface area contributed by atoms with Gasteiger partial charge in [-0.2, -0.15) is 0 Å². The lowest BCUT2D eigenvalue weighted by atomic mass is 10.1. The number of hydrogen-bond donors (Lipinski definition) is 1. The van der Waals surface area contributed by atoms with Crippen molar-refractivity contribution in [1.82, 2.24) is 5.32 Å². The van der Waals surface area contributed by atoms with E-state index in [-0.39, 0.29) is 0 Å². The van der Waals surface area contributed by atoms with Crippen LogP contribution in [-0.4, -0.2) is 6.54 Å². The monoisotopic (exact) mass is 203 g/mol. The minimum Gasteiger partial charge on any atom is -0.310 e. The van der Waals surface area contributed by atoms with Crippen LogP contribution in [0.25, 0.3) is 0 Å². The Kier molecular flexibility index (Phi) is 5.13. The van der Waals surface area contributed by atoms with Crippen LogP contribution in [0.15, 0.2) is 36.9 Å². The third-order valence-corrected chi connectivity index (χ3v) is 2.69. The van der Waals surface area contributed by atoms with Gasteiger partial charge in [-0.15, -0.1) is 6.58 Å². The lowest BCUT2D eigenvalue weighted by Gasteiger charge is -2.13. The summed E-state index contributed by atoms with van der Waals surface area (Å²) in [4.78, 5) is 0. The van der Waals surface area contributed by atoms with E-state index in [1.54, 1.807) is 0 Å². The molecule has 1 nitrogen and oxygen atoms in total. The number of benzene rings is 1. The highest BCUT2D eigenvalue weighted by atomic mass is 14.9. The van der Waals surface area contributed by atoms with Gasteiger partial charge in [-0.1, -0.05) is 37.3 Å². The Bertz CT molecular complexity index is 287. The van der Waals surface area contributed by atoms with Crippen molar-refractivity contribution >= 4 is 0 Å². The molecule has 0 spiro atoms. The average molecular weight is 203 g/mol. The van der Waals surface area contributed by atoms with Crippen LogP contribution in [0.2, 0.25) is 0 Å². The van der Waals surface area contributed by atoms with Gasteiger partial charge < -0.3 is 5.32 Å². The fourth-order valence-corrected chi connectivity index (χ4v) is 1.56. The number of nitrogens with one attached hydrogen (secondary N) is 1. The molecule has 1 rings (SSSR count). The maximum atomic E-state index is 3.71. The lowest BCUT2D eigenvalue weighted by molar-refractivity contribution is 0.581. The quantitative estimate of drug-likeness (QED) is 0.551. The van der Waals surface area contributed by atoms with E-state index in [0.29, 0.717) is 6.04 Å². The third-order valence-electron chi connectivity index (χ3n) is 2.69. The average Bonchev–Trinajstić information content (AvgIpc) is 2.29. The Labute approximate surface area is 93.2 Å². The summed E-state index contributed by atoms with van der Waals surface area (Å²) < 4.78 is 0. The van der Waals surface area contributed by atoms with E-state index in [1.165, 1.54) is 11.1 Å². The van der Waals surface area contributed by atoms with Crippen molar-refractivity contribution < 1.29 is 0 Å². The standard InChI is InChI=1S/C14H21N/c1-4-6-11-15-12(3)14-9-7-13(5-2)8-10-14/h4,7-10,12,15H,1,5-6,11H2,2-3H3. The lowest BCUT2D eigenvalue weighted by Crippen LogP contribution is -2.19. The minimum atomic E-state index is 0.427. The Morgan fingerprint density at radius 2 is 2.00 bits per heavy atom. The van der Waals surface area contributed by atoms with E-state index in [0.717, 1.165) is 19.4 Å². The molecule has 1 unspecified atom stereocenters. The van der Waals surface area contributed by atoms with E-state index in [2.05, 4.69) is 50.0 Å². The third kappa shape index (κ3) is 3.88. The molecule has 82 valence electrons. The van der Waals surface area contributed by atoms with Gasteiger partial charge in [0.1, 0.15) is 0 Å². The first-order valence-corrected chi connectivity index (χ1v) is 5.71. The first-order chi connectivity index (χ1) is 7.27. The zero-order valence-electron chi connectivity index (χ0n) is 9.79. The Morgan fingerprint density at radius 3 is 2.53 bits per heavy atom. The van der Waals surface area contributed by atoms with Gasteiger partial charge in [-0.3, -0.25) is 0 Å². The highest BCUT2D eigenvalue weighted by Crippen LogP contribution is 2.13. The summed E-state index contributed by atoms with van der Waals surface area (Å²) in [5, 5.41) is 3.47. The Balaban J connectivity index is 2.50. The largest absolute Gasteiger partial charge is 0.310 e. The van der Waals surface area contributed by atoms with E-state index in [4.69, 9.17) is 0 Å². The number of hydrogen-bond acceptors (Lipinski definition) is 1. The summed E-state index contributed by atoms with van der Waals surface area (Å²) in [5.74, 6) is 0. The number of aryl methyl sites for hydroxylation is 1. The summed E-state index contributed by atoms with van der Waals surface area (Å²) in [5.41, 5.74) is 2.76.